The van der Waals surface area contributed by atoms with Gasteiger partial charge in [-0.3, -0.25) is 0 Å². The summed E-state index contributed by atoms with van der Waals surface area (Å²) in [5, 5.41) is 7.84. The van der Waals surface area contributed by atoms with Crippen molar-refractivity contribution in [2.45, 2.75) is 26.8 Å². The topological polar surface area (TPSA) is 29.9 Å². The molecule has 17 heavy (non-hydrogen) atoms. The van der Waals surface area contributed by atoms with Crippen LogP contribution in [0.4, 0.5) is 0 Å². The standard InChI is InChI=1S/C14H19N3/c1-4-15-12(3)13-6-5-7-14(10-13)17-9-8-11(2)16-17/h5-10,12,15H,4H2,1-3H3. The highest BCUT2D eigenvalue weighted by Crippen LogP contribution is 2.16. The summed E-state index contributed by atoms with van der Waals surface area (Å²) in [6.07, 6.45) is 1.99. The molecule has 0 amide bonds. The van der Waals surface area contributed by atoms with Crippen LogP contribution in [-0.2, 0) is 0 Å². The molecule has 2 rings (SSSR count). The molecule has 1 aromatic carbocycles. The summed E-state index contributed by atoms with van der Waals surface area (Å²) in [6, 6.07) is 10.9. The second-order valence-corrected chi connectivity index (χ2v) is 4.28. The second kappa shape index (κ2) is 5.15. The second-order valence-electron chi connectivity index (χ2n) is 4.28. The van der Waals surface area contributed by atoms with Gasteiger partial charge in [0.15, 0.2) is 0 Å². The van der Waals surface area contributed by atoms with Gasteiger partial charge in [-0.05, 0) is 44.2 Å². The first-order valence-electron chi connectivity index (χ1n) is 6.06. The zero-order chi connectivity index (χ0) is 12.3. The molecule has 1 heterocycles. The maximum atomic E-state index is 4.42. The van der Waals surface area contributed by atoms with Gasteiger partial charge in [0, 0.05) is 12.2 Å². The van der Waals surface area contributed by atoms with Crippen LogP contribution in [0.5, 0.6) is 0 Å². The molecule has 90 valence electrons. The maximum Gasteiger partial charge on any atom is 0.0648 e. The van der Waals surface area contributed by atoms with Crippen LogP contribution in [0, 0.1) is 6.92 Å². The molecule has 0 fully saturated rings. The third-order valence-corrected chi connectivity index (χ3v) is 2.87. The van der Waals surface area contributed by atoms with E-state index in [2.05, 4.69) is 48.5 Å². The average molecular weight is 229 g/mol. The van der Waals surface area contributed by atoms with E-state index in [1.165, 1.54) is 5.56 Å². The Morgan fingerprint density at radius 1 is 1.35 bits per heavy atom. The molecule has 0 aliphatic carbocycles. The summed E-state index contributed by atoms with van der Waals surface area (Å²) >= 11 is 0. The van der Waals surface area contributed by atoms with E-state index in [1.54, 1.807) is 0 Å². The number of rotatable bonds is 4. The van der Waals surface area contributed by atoms with Gasteiger partial charge in [0.25, 0.3) is 0 Å². The molecule has 0 saturated heterocycles. The number of hydrogen-bond donors (Lipinski definition) is 1. The molecule has 2 aromatic rings. The Morgan fingerprint density at radius 2 is 2.18 bits per heavy atom. The molecule has 0 aliphatic rings. The molecule has 3 nitrogen and oxygen atoms in total. The van der Waals surface area contributed by atoms with Gasteiger partial charge in [0.05, 0.1) is 11.4 Å². The smallest absolute Gasteiger partial charge is 0.0648 e. The summed E-state index contributed by atoms with van der Waals surface area (Å²) in [4.78, 5) is 0. The summed E-state index contributed by atoms with van der Waals surface area (Å²) in [7, 11) is 0. The van der Waals surface area contributed by atoms with Crippen LogP contribution < -0.4 is 5.32 Å². The van der Waals surface area contributed by atoms with Crippen molar-refractivity contribution in [2.24, 2.45) is 0 Å². The van der Waals surface area contributed by atoms with Gasteiger partial charge in [0.1, 0.15) is 0 Å². The number of aromatic nitrogens is 2. The van der Waals surface area contributed by atoms with Crippen molar-refractivity contribution in [1.82, 2.24) is 15.1 Å². The first-order chi connectivity index (χ1) is 8.20. The fourth-order valence-corrected chi connectivity index (χ4v) is 1.92. The lowest BCUT2D eigenvalue weighted by molar-refractivity contribution is 0.597. The third kappa shape index (κ3) is 2.74. The van der Waals surface area contributed by atoms with Crippen LogP contribution >= 0.6 is 0 Å². The molecule has 3 heteroatoms. The lowest BCUT2D eigenvalue weighted by Crippen LogP contribution is -2.17. The zero-order valence-electron chi connectivity index (χ0n) is 10.6. The van der Waals surface area contributed by atoms with Gasteiger partial charge in [-0.2, -0.15) is 5.10 Å². The Kier molecular flexibility index (Phi) is 3.59. The van der Waals surface area contributed by atoms with E-state index < -0.39 is 0 Å². The summed E-state index contributed by atoms with van der Waals surface area (Å²) in [5.41, 5.74) is 3.44. The summed E-state index contributed by atoms with van der Waals surface area (Å²) in [6.45, 7) is 7.28. The van der Waals surface area contributed by atoms with Crippen molar-refractivity contribution < 1.29 is 0 Å². The lowest BCUT2D eigenvalue weighted by atomic mass is 10.1. The quantitative estimate of drug-likeness (QED) is 0.873. The van der Waals surface area contributed by atoms with Crippen molar-refractivity contribution in [3.8, 4) is 5.69 Å². The van der Waals surface area contributed by atoms with E-state index in [0.717, 1.165) is 17.9 Å². The molecule has 0 aliphatic heterocycles. The lowest BCUT2D eigenvalue weighted by Gasteiger charge is -2.13. The van der Waals surface area contributed by atoms with Crippen LogP contribution in [0.25, 0.3) is 5.69 Å². The van der Waals surface area contributed by atoms with E-state index in [-0.39, 0.29) is 0 Å². The van der Waals surface area contributed by atoms with Crippen molar-refractivity contribution in [3.63, 3.8) is 0 Å². The minimum absolute atomic E-state index is 0.372. The van der Waals surface area contributed by atoms with Crippen LogP contribution in [0.1, 0.15) is 31.1 Å². The van der Waals surface area contributed by atoms with E-state index in [1.807, 2.05) is 23.9 Å². The fraction of sp³-hybridized carbons (Fsp3) is 0.357. The molecule has 0 bridgehead atoms. The largest absolute Gasteiger partial charge is 0.310 e. The average Bonchev–Trinajstić information content (AvgIpc) is 2.76. The normalized spacial score (nSPS) is 12.6. The van der Waals surface area contributed by atoms with Crippen molar-refractivity contribution >= 4 is 0 Å². The first kappa shape index (κ1) is 11.9. The van der Waals surface area contributed by atoms with Gasteiger partial charge in [-0.25, -0.2) is 4.68 Å². The van der Waals surface area contributed by atoms with E-state index in [0.29, 0.717) is 6.04 Å². The predicted molar refractivity (Wildman–Crippen MR) is 70.4 cm³/mol. The molecule has 1 N–H and O–H groups in total. The SMILES string of the molecule is CCNC(C)c1cccc(-n2ccc(C)n2)c1. The minimum Gasteiger partial charge on any atom is -0.310 e. The third-order valence-electron chi connectivity index (χ3n) is 2.87. The van der Waals surface area contributed by atoms with E-state index in [9.17, 15) is 0 Å². The van der Waals surface area contributed by atoms with Gasteiger partial charge >= 0.3 is 0 Å². The number of benzene rings is 1. The predicted octanol–water partition coefficient (Wildman–Crippen LogP) is 2.85. The Hall–Kier alpha value is -1.61. The van der Waals surface area contributed by atoms with Gasteiger partial charge in [-0.1, -0.05) is 19.1 Å². The number of nitrogens with zero attached hydrogens (tertiary/aromatic N) is 2. The Labute approximate surface area is 102 Å². The molecular formula is C14H19N3. The van der Waals surface area contributed by atoms with Gasteiger partial charge < -0.3 is 5.32 Å². The summed E-state index contributed by atoms with van der Waals surface area (Å²) in [5.74, 6) is 0. The van der Waals surface area contributed by atoms with Crippen LogP contribution in [0.15, 0.2) is 36.5 Å². The van der Waals surface area contributed by atoms with Gasteiger partial charge in [-0.15, -0.1) is 0 Å². The molecule has 0 saturated carbocycles. The Balaban J connectivity index is 2.28. The molecule has 0 radical (unpaired) electrons. The van der Waals surface area contributed by atoms with Crippen molar-refractivity contribution in [3.05, 3.63) is 47.8 Å². The number of aryl methyl sites for hydroxylation is 1. The molecule has 1 aromatic heterocycles. The summed E-state index contributed by atoms with van der Waals surface area (Å²) < 4.78 is 1.91. The van der Waals surface area contributed by atoms with Crippen molar-refractivity contribution in [1.29, 1.82) is 0 Å². The maximum absolute atomic E-state index is 4.42. The monoisotopic (exact) mass is 229 g/mol. The van der Waals surface area contributed by atoms with Crippen LogP contribution in [0.3, 0.4) is 0 Å². The van der Waals surface area contributed by atoms with Crippen molar-refractivity contribution in [2.75, 3.05) is 6.54 Å². The van der Waals surface area contributed by atoms with Gasteiger partial charge in [0.2, 0.25) is 0 Å². The molecule has 0 spiro atoms. The number of nitrogens with one attached hydrogen (secondary N) is 1. The first-order valence-corrected chi connectivity index (χ1v) is 6.06. The highest BCUT2D eigenvalue weighted by atomic mass is 15.3. The highest BCUT2D eigenvalue weighted by molar-refractivity contribution is 5.36. The molecule has 1 atom stereocenters. The fourth-order valence-electron chi connectivity index (χ4n) is 1.92. The Morgan fingerprint density at radius 3 is 2.82 bits per heavy atom. The minimum atomic E-state index is 0.372. The zero-order valence-corrected chi connectivity index (χ0v) is 10.6. The molecular weight excluding hydrogens is 210 g/mol. The molecule has 1 unspecified atom stereocenters. The van der Waals surface area contributed by atoms with E-state index in [4.69, 9.17) is 0 Å². The van der Waals surface area contributed by atoms with Crippen LogP contribution in [0.2, 0.25) is 0 Å². The highest BCUT2D eigenvalue weighted by Gasteiger charge is 2.05. The van der Waals surface area contributed by atoms with E-state index >= 15 is 0 Å². The van der Waals surface area contributed by atoms with Crippen LogP contribution in [-0.4, -0.2) is 16.3 Å². The Bertz CT molecular complexity index is 488. The number of hydrogen-bond acceptors (Lipinski definition) is 2.